The molecular formula is C16H17N3O. The molecule has 0 atom stereocenters. The van der Waals surface area contributed by atoms with Crippen molar-refractivity contribution in [2.75, 3.05) is 4.90 Å². The van der Waals surface area contributed by atoms with Gasteiger partial charge in [-0.15, -0.1) is 0 Å². The zero-order chi connectivity index (χ0) is 14.5. The van der Waals surface area contributed by atoms with Crippen molar-refractivity contribution < 1.29 is 5.11 Å². The van der Waals surface area contributed by atoms with Gasteiger partial charge >= 0.3 is 0 Å². The molecule has 0 unspecified atom stereocenters. The lowest BCUT2D eigenvalue weighted by molar-refractivity contribution is 0.474. The molecular weight excluding hydrogens is 250 g/mol. The molecule has 0 spiro atoms. The number of phenols is 1. The van der Waals surface area contributed by atoms with E-state index in [-0.39, 0.29) is 5.75 Å². The summed E-state index contributed by atoms with van der Waals surface area (Å²) < 4.78 is 0. The Kier molecular flexibility index (Phi) is 4.21. The highest BCUT2D eigenvalue weighted by Gasteiger charge is 2.21. The number of fused-ring (bicyclic) bond motifs is 1. The largest absolute Gasteiger partial charge is 0.508 e. The van der Waals surface area contributed by atoms with Crippen LogP contribution in [0.15, 0.2) is 36.7 Å². The molecule has 1 aromatic carbocycles. The third-order valence-corrected chi connectivity index (χ3v) is 3.17. The molecule has 0 radical (unpaired) electrons. The molecule has 0 bridgehead atoms. The number of hydrogen-bond donors (Lipinski definition) is 1. The van der Waals surface area contributed by atoms with Gasteiger partial charge in [-0.1, -0.05) is 19.9 Å². The van der Waals surface area contributed by atoms with Crippen LogP contribution in [-0.4, -0.2) is 10.1 Å². The third kappa shape index (κ3) is 2.57. The number of rotatable bonds is 1. The molecule has 0 saturated heterocycles. The predicted octanol–water partition coefficient (Wildman–Crippen LogP) is 3.21. The van der Waals surface area contributed by atoms with Gasteiger partial charge in [0.15, 0.2) is 0 Å². The molecule has 0 saturated carbocycles. The Morgan fingerprint density at radius 3 is 2.70 bits per heavy atom. The van der Waals surface area contributed by atoms with Crippen LogP contribution in [0.5, 0.6) is 5.75 Å². The van der Waals surface area contributed by atoms with E-state index in [1.807, 2.05) is 26.0 Å². The fourth-order valence-corrected chi connectivity index (χ4v) is 2.30. The van der Waals surface area contributed by atoms with Crippen LogP contribution in [0.4, 0.5) is 5.69 Å². The first-order chi connectivity index (χ1) is 9.78. The molecule has 102 valence electrons. The molecule has 2 heterocycles. The van der Waals surface area contributed by atoms with E-state index in [0.29, 0.717) is 12.1 Å². The van der Waals surface area contributed by atoms with E-state index < -0.39 is 0 Å². The third-order valence-electron chi connectivity index (χ3n) is 3.17. The fourth-order valence-electron chi connectivity index (χ4n) is 2.30. The molecule has 4 nitrogen and oxygen atoms in total. The fraction of sp³-hybridized carbons (Fsp3) is 0.250. The number of nitriles is 1. The normalized spacial score (nSPS) is 12.2. The molecule has 2 aromatic rings. The maximum Gasteiger partial charge on any atom is 0.115 e. The number of phenolic OH excluding ortho intramolecular Hbond substituents is 1. The Hall–Kier alpha value is -2.54. The van der Waals surface area contributed by atoms with Crippen LogP contribution in [0.1, 0.15) is 30.5 Å². The van der Waals surface area contributed by atoms with Crippen molar-refractivity contribution in [1.29, 1.82) is 5.26 Å². The van der Waals surface area contributed by atoms with Gasteiger partial charge in [0, 0.05) is 25.5 Å². The highest BCUT2D eigenvalue weighted by atomic mass is 16.3. The molecule has 0 aliphatic carbocycles. The molecule has 0 amide bonds. The minimum atomic E-state index is 0.283. The van der Waals surface area contributed by atoms with E-state index in [4.69, 9.17) is 5.26 Å². The van der Waals surface area contributed by atoms with E-state index in [9.17, 15) is 5.11 Å². The first-order valence-electron chi connectivity index (χ1n) is 6.68. The molecule has 1 N–H and O–H groups in total. The summed E-state index contributed by atoms with van der Waals surface area (Å²) in [4.78, 5) is 6.08. The van der Waals surface area contributed by atoms with Gasteiger partial charge in [-0.05, 0) is 29.3 Å². The van der Waals surface area contributed by atoms with E-state index in [2.05, 4.69) is 16.0 Å². The lowest BCUT2D eigenvalue weighted by Gasteiger charge is -2.18. The van der Waals surface area contributed by atoms with Gasteiger partial charge in [-0.25, -0.2) is 0 Å². The predicted molar refractivity (Wildman–Crippen MR) is 78.3 cm³/mol. The minimum Gasteiger partial charge on any atom is -0.508 e. The Labute approximate surface area is 118 Å². The second-order valence-corrected chi connectivity index (χ2v) is 4.31. The average Bonchev–Trinajstić information content (AvgIpc) is 2.92. The number of pyridine rings is 1. The maximum absolute atomic E-state index is 9.47. The topological polar surface area (TPSA) is 60.2 Å². The van der Waals surface area contributed by atoms with Crippen molar-refractivity contribution in [2.24, 2.45) is 0 Å². The second-order valence-electron chi connectivity index (χ2n) is 4.31. The zero-order valence-corrected chi connectivity index (χ0v) is 11.7. The van der Waals surface area contributed by atoms with Gasteiger partial charge in [-0.3, -0.25) is 4.98 Å². The minimum absolute atomic E-state index is 0.283. The molecule has 1 aromatic heterocycles. The second kappa shape index (κ2) is 6.07. The van der Waals surface area contributed by atoms with Crippen LogP contribution in [0.25, 0.3) is 0 Å². The number of anilines is 1. The van der Waals surface area contributed by atoms with Gasteiger partial charge in [0.2, 0.25) is 0 Å². The first-order valence-corrected chi connectivity index (χ1v) is 6.68. The van der Waals surface area contributed by atoms with E-state index in [0.717, 1.165) is 17.8 Å². The molecule has 1 aliphatic rings. The lowest BCUT2D eigenvalue weighted by Crippen LogP contribution is -2.15. The summed E-state index contributed by atoms with van der Waals surface area (Å²) in [6.07, 6.45) is 3.27. The standard InChI is InChI=1S/C14H11N3O.C2H6/c15-6-12-7-16-4-3-14(12)17-8-10-1-2-13(18)5-11(10)9-17;1-2/h1-5,7,18H,8-9H2;1-2H3. The van der Waals surface area contributed by atoms with Gasteiger partial charge < -0.3 is 10.0 Å². The molecule has 20 heavy (non-hydrogen) atoms. The van der Waals surface area contributed by atoms with Gasteiger partial charge in [0.05, 0.1) is 11.3 Å². The van der Waals surface area contributed by atoms with Crippen LogP contribution in [0.2, 0.25) is 0 Å². The number of nitrogens with zero attached hydrogens (tertiary/aromatic N) is 3. The summed E-state index contributed by atoms with van der Waals surface area (Å²) in [5, 5.41) is 18.6. The molecule has 4 heteroatoms. The number of benzene rings is 1. The number of aromatic hydroxyl groups is 1. The highest BCUT2D eigenvalue weighted by Crippen LogP contribution is 2.31. The van der Waals surface area contributed by atoms with Crippen LogP contribution >= 0.6 is 0 Å². The van der Waals surface area contributed by atoms with Crippen molar-refractivity contribution in [3.05, 3.63) is 53.3 Å². The summed E-state index contributed by atoms with van der Waals surface area (Å²) in [6.45, 7) is 5.47. The SMILES string of the molecule is CC.N#Cc1cnccc1N1Cc2ccc(O)cc2C1. The monoisotopic (exact) mass is 267 g/mol. The van der Waals surface area contributed by atoms with Gasteiger partial charge in [-0.2, -0.15) is 5.26 Å². The summed E-state index contributed by atoms with van der Waals surface area (Å²) in [5.41, 5.74) is 3.77. The van der Waals surface area contributed by atoms with Crippen molar-refractivity contribution in [2.45, 2.75) is 26.9 Å². The van der Waals surface area contributed by atoms with Crippen molar-refractivity contribution in [1.82, 2.24) is 4.98 Å². The number of aromatic nitrogens is 1. The van der Waals surface area contributed by atoms with E-state index >= 15 is 0 Å². The summed E-state index contributed by atoms with van der Waals surface area (Å²) in [6, 6.07) is 9.41. The van der Waals surface area contributed by atoms with Crippen LogP contribution in [0.3, 0.4) is 0 Å². The van der Waals surface area contributed by atoms with E-state index in [1.54, 1.807) is 24.5 Å². The molecule has 3 rings (SSSR count). The maximum atomic E-state index is 9.47. The summed E-state index contributed by atoms with van der Waals surface area (Å²) in [7, 11) is 0. The summed E-state index contributed by atoms with van der Waals surface area (Å²) in [5.74, 6) is 0.283. The van der Waals surface area contributed by atoms with E-state index in [1.165, 1.54) is 5.56 Å². The quantitative estimate of drug-likeness (QED) is 0.862. The van der Waals surface area contributed by atoms with Crippen molar-refractivity contribution in [3.8, 4) is 11.8 Å². The van der Waals surface area contributed by atoms with Crippen molar-refractivity contribution >= 4 is 5.69 Å². The lowest BCUT2D eigenvalue weighted by atomic mass is 10.1. The van der Waals surface area contributed by atoms with Gasteiger partial charge in [0.25, 0.3) is 0 Å². The first kappa shape index (κ1) is 13.9. The number of hydrogen-bond acceptors (Lipinski definition) is 4. The Balaban J connectivity index is 0.000000704. The zero-order valence-electron chi connectivity index (χ0n) is 11.7. The molecule has 1 aliphatic heterocycles. The van der Waals surface area contributed by atoms with Crippen LogP contribution in [0, 0.1) is 11.3 Å². The smallest absolute Gasteiger partial charge is 0.115 e. The average molecular weight is 267 g/mol. The Morgan fingerprint density at radius 2 is 1.95 bits per heavy atom. The highest BCUT2D eigenvalue weighted by molar-refractivity contribution is 5.60. The van der Waals surface area contributed by atoms with Crippen LogP contribution in [-0.2, 0) is 13.1 Å². The van der Waals surface area contributed by atoms with Crippen molar-refractivity contribution in [3.63, 3.8) is 0 Å². The molecule has 0 fully saturated rings. The van der Waals surface area contributed by atoms with Crippen LogP contribution < -0.4 is 4.90 Å². The Morgan fingerprint density at radius 1 is 1.20 bits per heavy atom. The Bertz CT molecular complexity index is 646. The van der Waals surface area contributed by atoms with Gasteiger partial charge in [0.1, 0.15) is 11.8 Å². The summed E-state index contributed by atoms with van der Waals surface area (Å²) >= 11 is 0.